The smallest absolute Gasteiger partial charge is 0.307 e. The molecule has 6 nitrogen and oxygen atoms in total. The van der Waals surface area contributed by atoms with Crippen LogP contribution in [-0.2, 0) is 22.6 Å². The average Bonchev–Trinajstić information content (AvgIpc) is 3.11. The highest BCUT2D eigenvalue weighted by Crippen LogP contribution is 2.38. The molecule has 0 spiro atoms. The van der Waals surface area contributed by atoms with Crippen LogP contribution in [0, 0.1) is 5.82 Å². The van der Waals surface area contributed by atoms with Gasteiger partial charge in [-0.25, -0.2) is 4.39 Å². The Morgan fingerprint density at radius 3 is 2.55 bits per heavy atom. The molecule has 0 unspecified atom stereocenters. The SMILES string of the molecule is CCNCc1ccc(NC(=C2C(=O)Nc3cc(F)ccc32)c2cccc(CC(=O)O)c2)cc1. The van der Waals surface area contributed by atoms with Crippen molar-refractivity contribution in [2.24, 2.45) is 0 Å². The minimum Gasteiger partial charge on any atom is -0.481 e. The van der Waals surface area contributed by atoms with Crippen molar-refractivity contribution >= 4 is 34.5 Å². The summed E-state index contributed by atoms with van der Waals surface area (Å²) in [5.41, 5.74) is 5.03. The molecular formula is C26H24FN3O3. The van der Waals surface area contributed by atoms with Crippen molar-refractivity contribution in [3.63, 3.8) is 0 Å². The monoisotopic (exact) mass is 445 g/mol. The second-order valence-electron chi connectivity index (χ2n) is 7.77. The van der Waals surface area contributed by atoms with Crippen LogP contribution >= 0.6 is 0 Å². The lowest BCUT2D eigenvalue weighted by molar-refractivity contribution is -0.136. The number of nitrogens with one attached hydrogen (secondary N) is 3. The minimum absolute atomic E-state index is 0.135. The summed E-state index contributed by atoms with van der Waals surface area (Å²) >= 11 is 0. The number of carbonyl (C=O) groups is 2. The van der Waals surface area contributed by atoms with Gasteiger partial charge in [0.15, 0.2) is 0 Å². The van der Waals surface area contributed by atoms with Gasteiger partial charge in [-0.2, -0.15) is 0 Å². The normalized spacial score (nSPS) is 13.9. The van der Waals surface area contributed by atoms with Crippen LogP contribution < -0.4 is 16.0 Å². The molecule has 1 amide bonds. The number of rotatable bonds is 8. The molecule has 1 aliphatic rings. The molecule has 1 heterocycles. The Labute approximate surface area is 191 Å². The van der Waals surface area contributed by atoms with Gasteiger partial charge in [0, 0.05) is 17.8 Å². The number of carbonyl (C=O) groups excluding carboxylic acids is 1. The molecule has 0 saturated heterocycles. The van der Waals surface area contributed by atoms with Gasteiger partial charge in [-0.1, -0.05) is 37.3 Å². The molecule has 0 atom stereocenters. The van der Waals surface area contributed by atoms with Crippen molar-refractivity contribution in [3.8, 4) is 0 Å². The van der Waals surface area contributed by atoms with Crippen LogP contribution in [0.15, 0.2) is 66.7 Å². The second kappa shape index (κ2) is 9.67. The van der Waals surface area contributed by atoms with Gasteiger partial charge in [0.2, 0.25) is 0 Å². The topological polar surface area (TPSA) is 90.5 Å². The first-order valence-electron chi connectivity index (χ1n) is 10.7. The average molecular weight is 445 g/mol. The molecule has 0 saturated carbocycles. The zero-order valence-electron chi connectivity index (χ0n) is 18.1. The van der Waals surface area contributed by atoms with E-state index in [1.807, 2.05) is 37.3 Å². The zero-order valence-corrected chi connectivity index (χ0v) is 18.1. The van der Waals surface area contributed by atoms with E-state index in [0.717, 1.165) is 24.3 Å². The van der Waals surface area contributed by atoms with Gasteiger partial charge in [0.25, 0.3) is 5.91 Å². The molecule has 3 aromatic carbocycles. The number of carboxylic acids is 1. The van der Waals surface area contributed by atoms with E-state index in [1.54, 1.807) is 24.3 Å². The number of amides is 1. The van der Waals surface area contributed by atoms with Crippen molar-refractivity contribution in [2.45, 2.75) is 19.9 Å². The van der Waals surface area contributed by atoms with Crippen molar-refractivity contribution in [1.82, 2.24) is 5.32 Å². The van der Waals surface area contributed by atoms with Crippen LogP contribution in [0.5, 0.6) is 0 Å². The third-order valence-corrected chi connectivity index (χ3v) is 5.35. The number of aliphatic carboxylic acids is 1. The number of fused-ring (bicyclic) bond motifs is 1. The molecule has 7 heteroatoms. The number of benzene rings is 3. The van der Waals surface area contributed by atoms with E-state index in [1.165, 1.54) is 12.1 Å². The molecule has 0 radical (unpaired) electrons. The number of anilines is 2. The molecule has 0 aliphatic carbocycles. The molecule has 168 valence electrons. The van der Waals surface area contributed by atoms with Crippen molar-refractivity contribution < 1.29 is 19.1 Å². The summed E-state index contributed by atoms with van der Waals surface area (Å²) in [7, 11) is 0. The molecule has 33 heavy (non-hydrogen) atoms. The molecule has 4 rings (SSSR count). The lowest BCUT2D eigenvalue weighted by Gasteiger charge is -2.16. The van der Waals surface area contributed by atoms with Gasteiger partial charge in [-0.05, 0) is 59.6 Å². The largest absolute Gasteiger partial charge is 0.481 e. The first-order chi connectivity index (χ1) is 15.9. The lowest BCUT2D eigenvalue weighted by Crippen LogP contribution is -2.12. The fourth-order valence-corrected chi connectivity index (χ4v) is 3.80. The fourth-order valence-electron chi connectivity index (χ4n) is 3.80. The van der Waals surface area contributed by atoms with Gasteiger partial charge < -0.3 is 21.1 Å². The maximum atomic E-state index is 13.7. The van der Waals surface area contributed by atoms with E-state index in [-0.39, 0.29) is 12.3 Å². The number of hydrogen-bond acceptors (Lipinski definition) is 4. The van der Waals surface area contributed by atoms with Gasteiger partial charge >= 0.3 is 5.97 Å². The van der Waals surface area contributed by atoms with Crippen molar-refractivity contribution in [2.75, 3.05) is 17.2 Å². The first kappa shape index (κ1) is 22.2. The van der Waals surface area contributed by atoms with Gasteiger partial charge in [-0.3, -0.25) is 9.59 Å². The van der Waals surface area contributed by atoms with E-state index >= 15 is 0 Å². The number of carboxylic acid groups (broad SMARTS) is 1. The molecule has 0 aromatic heterocycles. The van der Waals surface area contributed by atoms with Gasteiger partial charge in [-0.15, -0.1) is 0 Å². The van der Waals surface area contributed by atoms with Crippen LogP contribution in [0.25, 0.3) is 11.3 Å². The fraction of sp³-hybridized carbons (Fsp3) is 0.154. The van der Waals surface area contributed by atoms with Gasteiger partial charge in [0.05, 0.1) is 23.4 Å². The molecule has 3 aromatic rings. The Morgan fingerprint density at radius 2 is 1.82 bits per heavy atom. The van der Waals surface area contributed by atoms with Crippen LogP contribution in [0.2, 0.25) is 0 Å². The van der Waals surface area contributed by atoms with E-state index in [0.29, 0.717) is 33.6 Å². The summed E-state index contributed by atoms with van der Waals surface area (Å²) in [6.07, 6.45) is -0.135. The third-order valence-electron chi connectivity index (χ3n) is 5.35. The predicted molar refractivity (Wildman–Crippen MR) is 127 cm³/mol. The summed E-state index contributed by atoms with van der Waals surface area (Å²) in [4.78, 5) is 24.2. The summed E-state index contributed by atoms with van der Waals surface area (Å²) in [6.45, 7) is 3.67. The first-order valence-corrected chi connectivity index (χ1v) is 10.7. The highest BCUT2D eigenvalue weighted by atomic mass is 19.1. The summed E-state index contributed by atoms with van der Waals surface area (Å²) in [6, 6.07) is 19.0. The lowest BCUT2D eigenvalue weighted by atomic mass is 9.98. The van der Waals surface area contributed by atoms with E-state index in [9.17, 15) is 19.1 Å². The van der Waals surface area contributed by atoms with Crippen LogP contribution in [-0.4, -0.2) is 23.5 Å². The Kier molecular flexibility index (Phi) is 6.51. The summed E-state index contributed by atoms with van der Waals surface area (Å²) < 4.78 is 13.7. The van der Waals surface area contributed by atoms with Crippen LogP contribution in [0.3, 0.4) is 0 Å². The number of halogens is 1. The Balaban J connectivity index is 1.80. The maximum Gasteiger partial charge on any atom is 0.307 e. The molecule has 1 aliphatic heterocycles. The molecule has 0 bridgehead atoms. The van der Waals surface area contributed by atoms with E-state index < -0.39 is 11.8 Å². The standard InChI is InChI=1S/C26H24FN3O3/c1-2-28-15-16-6-9-20(10-7-16)29-25(18-5-3-4-17(12-18)13-23(31)32)24-21-11-8-19(27)14-22(21)30-26(24)33/h3-12,14,28-29H,2,13,15H2,1H3,(H,30,33)(H,31,32). The van der Waals surface area contributed by atoms with E-state index in [2.05, 4.69) is 16.0 Å². The third kappa shape index (κ3) is 5.10. The summed E-state index contributed by atoms with van der Waals surface area (Å²) in [5, 5.41) is 18.5. The predicted octanol–water partition coefficient (Wildman–Crippen LogP) is 4.49. The highest BCUT2D eigenvalue weighted by Gasteiger charge is 2.29. The molecular weight excluding hydrogens is 421 g/mol. The molecule has 0 fully saturated rings. The Bertz CT molecular complexity index is 1240. The molecule has 4 N–H and O–H groups in total. The van der Waals surface area contributed by atoms with E-state index in [4.69, 9.17) is 0 Å². The van der Waals surface area contributed by atoms with Crippen LogP contribution in [0.4, 0.5) is 15.8 Å². The zero-order chi connectivity index (χ0) is 23.4. The van der Waals surface area contributed by atoms with Gasteiger partial charge in [0.1, 0.15) is 5.82 Å². The van der Waals surface area contributed by atoms with Crippen molar-refractivity contribution in [3.05, 3.63) is 94.8 Å². The van der Waals surface area contributed by atoms with Crippen molar-refractivity contribution in [1.29, 1.82) is 0 Å². The Hall–Kier alpha value is -3.97. The quantitative estimate of drug-likeness (QED) is 0.384. The second-order valence-corrected chi connectivity index (χ2v) is 7.77. The Morgan fingerprint density at radius 1 is 1.03 bits per heavy atom. The highest BCUT2D eigenvalue weighted by molar-refractivity contribution is 6.37. The van der Waals surface area contributed by atoms with Crippen LogP contribution in [0.1, 0.15) is 29.2 Å². The summed E-state index contributed by atoms with van der Waals surface area (Å²) in [5.74, 6) is -1.74. The number of hydrogen-bond donors (Lipinski definition) is 4. The minimum atomic E-state index is -0.940. The maximum absolute atomic E-state index is 13.7.